The van der Waals surface area contributed by atoms with Crippen molar-refractivity contribution in [1.29, 1.82) is 0 Å². The molecule has 7 nitrogen and oxygen atoms in total. The summed E-state index contributed by atoms with van der Waals surface area (Å²) in [5, 5.41) is 20.9. The SMILES string of the molecule is O=c1ccc(-c2nnc3c4ccccc4cnn23)n[nH]1. The van der Waals surface area contributed by atoms with Gasteiger partial charge < -0.3 is 0 Å². The van der Waals surface area contributed by atoms with Crippen LogP contribution in [0.25, 0.3) is 27.9 Å². The summed E-state index contributed by atoms with van der Waals surface area (Å²) in [6.07, 6.45) is 1.75. The Morgan fingerprint density at radius 3 is 2.80 bits per heavy atom. The zero-order valence-electron chi connectivity index (χ0n) is 10.2. The van der Waals surface area contributed by atoms with Gasteiger partial charge in [-0.1, -0.05) is 24.3 Å². The van der Waals surface area contributed by atoms with Crippen molar-refractivity contribution < 1.29 is 0 Å². The Hall–Kier alpha value is -3.09. The van der Waals surface area contributed by atoms with E-state index in [0.717, 1.165) is 10.8 Å². The van der Waals surface area contributed by atoms with E-state index < -0.39 is 0 Å². The van der Waals surface area contributed by atoms with E-state index >= 15 is 0 Å². The molecule has 0 atom stereocenters. The topological polar surface area (TPSA) is 88.8 Å². The number of hydrogen-bond acceptors (Lipinski definition) is 5. The van der Waals surface area contributed by atoms with Crippen LogP contribution in [0.3, 0.4) is 0 Å². The summed E-state index contributed by atoms with van der Waals surface area (Å²) in [7, 11) is 0. The number of aromatic nitrogens is 6. The normalized spacial score (nSPS) is 11.2. The van der Waals surface area contributed by atoms with Crippen LogP contribution in [0.2, 0.25) is 0 Å². The Kier molecular flexibility index (Phi) is 2.13. The van der Waals surface area contributed by atoms with Crippen LogP contribution in [-0.2, 0) is 0 Å². The summed E-state index contributed by atoms with van der Waals surface area (Å²) in [5.41, 5.74) is 0.909. The zero-order chi connectivity index (χ0) is 13.5. The zero-order valence-corrected chi connectivity index (χ0v) is 10.2. The molecule has 0 fully saturated rings. The van der Waals surface area contributed by atoms with E-state index in [-0.39, 0.29) is 5.56 Å². The lowest BCUT2D eigenvalue weighted by atomic mass is 10.2. The fourth-order valence-electron chi connectivity index (χ4n) is 2.12. The number of rotatable bonds is 1. The lowest BCUT2D eigenvalue weighted by molar-refractivity contribution is 0.915. The second-order valence-electron chi connectivity index (χ2n) is 4.30. The number of fused-ring (bicyclic) bond motifs is 3. The van der Waals surface area contributed by atoms with E-state index in [4.69, 9.17) is 0 Å². The molecule has 0 saturated heterocycles. The van der Waals surface area contributed by atoms with E-state index in [0.29, 0.717) is 17.2 Å². The van der Waals surface area contributed by atoms with Gasteiger partial charge in [0.1, 0.15) is 5.69 Å². The Balaban J connectivity index is 2.04. The Morgan fingerprint density at radius 1 is 1.05 bits per heavy atom. The molecule has 0 amide bonds. The van der Waals surface area contributed by atoms with Gasteiger partial charge in [0.15, 0.2) is 5.65 Å². The molecule has 0 saturated carbocycles. The first-order valence-electron chi connectivity index (χ1n) is 5.98. The third-order valence-corrected chi connectivity index (χ3v) is 3.06. The predicted molar refractivity (Wildman–Crippen MR) is 72.1 cm³/mol. The molecule has 0 unspecified atom stereocenters. The van der Waals surface area contributed by atoms with Gasteiger partial charge in [-0.25, -0.2) is 5.10 Å². The van der Waals surface area contributed by atoms with Gasteiger partial charge in [0.25, 0.3) is 5.56 Å². The Bertz CT molecular complexity index is 966. The van der Waals surface area contributed by atoms with Crippen molar-refractivity contribution in [2.75, 3.05) is 0 Å². The van der Waals surface area contributed by atoms with Gasteiger partial charge in [-0.2, -0.15) is 14.7 Å². The molecule has 0 aliphatic carbocycles. The molecule has 1 aromatic carbocycles. The van der Waals surface area contributed by atoms with Crippen LogP contribution in [0.1, 0.15) is 0 Å². The molecule has 0 aliphatic heterocycles. The largest absolute Gasteiger partial charge is 0.268 e. The second kappa shape index (κ2) is 3.95. The maximum absolute atomic E-state index is 11.1. The van der Waals surface area contributed by atoms with Crippen molar-refractivity contribution in [1.82, 2.24) is 30.0 Å². The van der Waals surface area contributed by atoms with Crippen LogP contribution in [0, 0.1) is 0 Å². The molecular formula is C13H8N6O. The Morgan fingerprint density at radius 2 is 1.95 bits per heavy atom. The molecule has 7 heteroatoms. The number of H-pyrrole nitrogens is 1. The second-order valence-corrected chi connectivity index (χ2v) is 4.30. The fourth-order valence-corrected chi connectivity index (χ4v) is 2.12. The lowest BCUT2D eigenvalue weighted by Gasteiger charge is -2.00. The Labute approximate surface area is 111 Å². The standard InChI is InChI=1S/C13H8N6O/c20-11-6-5-10(15-16-11)13-18-17-12-9-4-2-1-3-8(9)7-14-19(12)13/h1-7H,(H,16,20). The average molecular weight is 264 g/mol. The highest BCUT2D eigenvalue weighted by Gasteiger charge is 2.12. The minimum atomic E-state index is -0.263. The molecule has 4 aromatic rings. The molecule has 3 aromatic heterocycles. The van der Waals surface area contributed by atoms with Crippen LogP contribution in [0.4, 0.5) is 0 Å². The summed E-state index contributed by atoms with van der Waals surface area (Å²) in [5.74, 6) is 0.488. The van der Waals surface area contributed by atoms with E-state index in [9.17, 15) is 4.79 Å². The van der Waals surface area contributed by atoms with Gasteiger partial charge >= 0.3 is 0 Å². The monoisotopic (exact) mass is 264 g/mol. The van der Waals surface area contributed by atoms with Crippen molar-refractivity contribution in [2.45, 2.75) is 0 Å². The van der Waals surface area contributed by atoms with Gasteiger partial charge in [0.05, 0.1) is 6.20 Å². The number of nitrogens with one attached hydrogen (secondary N) is 1. The molecule has 4 rings (SSSR count). The highest BCUT2D eigenvalue weighted by atomic mass is 16.1. The summed E-state index contributed by atoms with van der Waals surface area (Å²) in [6.45, 7) is 0. The van der Waals surface area contributed by atoms with E-state index in [1.165, 1.54) is 6.07 Å². The molecule has 0 bridgehead atoms. The van der Waals surface area contributed by atoms with Crippen molar-refractivity contribution in [3.8, 4) is 11.5 Å². The summed E-state index contributed by atoms with van der Waals surface area (Å²) in [6, 6.07) is 10.8. The summed E-state index contributed by atoms with van der Waals surface area (Å²) >= 11 is 0. The van der Waals surface area contributed by atoms with Crippen molar-refractivity contribution in [3.63, 3.8) is 0 Å². The predicted octanol–water partition coefficient (Wildman–Crippen LogP) is 1.03. The maximum atomic E-state index is 11.1. The van der Waals surface area contributed by atoms with Gasteiger partial charge in [-0.3, -0.25) is 4.79 Å². The number of aromatic amines is 1. The molecular weight excluding hydrogens is 256 g/mol. The first-order chi connectivity index (χ1) is 9.83. The molecule has 0 radical (unpaired) electrons. The minimum Gasteiger partial charge on any atom is -0.268 e. The van der Waals surface area contributed by atoms with E-state index in [1.807, 2.05) is 24.3 Å². The molecule has 3 heterocycles. The number of benzene rings is 1. The summed E-state index contributed by atoms with van der Waals surface area (Å²) < 4.78 is 1.61. The highest BCUT2D eigenvalue weighted by Crippen LogP contribution is 2.20. The third kappa shape index (κ3) is 1.50. The number of nitrogens with zero attached hydrogens (tertiary/aromatic N) is 5. The van der Waals surface area contributed by atoms with Gasteiger partial charge in [-0.05, 0) is 6.07 Å². The van der Waals surface area contributed by atoms with E-state index in [2.05, 4.69) is 25.5 Å². The van der Waals surface area contributed by atoms with Gasteiger partial charge in [0.2, 0.25) is 5.82 Å². The van der Waals surface area contributed by atoms with Gasteiger partial charge in [-0.15, -0.1) is 10.2 Å². The molecule has 0 spiro atoms. The average Bonchev–Trinajstić information content (AvgIpc) is 2.92. The smallest absolute Gasteiger partial charge is 0.264 e. The first kappa shape index (κ1) is 10.8. The van der Waals surface area contributed by atoms with Crippen LogP contribution in [-0.4, -0.2) is 30.0 Å². The maximum Gasteiger partial charge on any atom is 0.264 e. The minimum absolute atomic E-state index is 0.263. The molecule has 0 aliphatic rings. The first-order valence-corrected chi connectivity index (χ1v) is 5.98. The van der Waals surface area contributed by atoms with Crippen LogP contribution < -0.4 is 5.56 Å². The van der Waals surface area contributed by atoms with Crippen molar-refractivity contribution in [3.05, 3.63) is 52.9 Å². The number of hydrogen-bond donors (Lipinski definition) is 1. The van der Waals surface area contributed by atoms with Crippen LogP contribution in [0.5, 0.6) is 0 Å². The molecule has 1 N–H and O–H groups in total. The van der Waals surface area contributed by atoms with Crippen molar-refractivity contribution in [2.24, 2.45) is 0 Å². The lowest BCUT2D eigenvalue weighted by Crippen LogP contribution is -2.07. The molecule has 96 valence electrons. The summed E-state index contributed by atoms with van der Waals surface area (Å²) in [4.78, 5) is 11.1. The fraction of sp³-hybridized carbons (Fsp3) is 0. The quantitative estimate of drug-likeness (QED) is 0.554. The molecule has 20 heavy (non-hydrogen) atoms. The van der Waals surface area contributed by atoms with E-state index in [1.54, 1.807) is 16.8 Å². The van der Waals surface area contributed by atoms with Crippen LogP contribution >= 0.6 is 0 Å². The third-order valence-electron chi connectivity index (χ3n) is 3.06. The van der Waals surface area contributed by atoms with Crippen molar-refractivity contribution >= 4 is 16.4 Å². The highest BCUT2D eigenvalue weighted by molar-refractivity contribution is 5.93. The van der Waals surface area contributed by atoms with Gasteiger partial charge in [0, 0.05) is 16.8 Å². The van der Waals surface area contributed by atoms with Crippen LogP contribution in [0.15, 0.2) is 47.4 Å².